The number of rotatable bonds is 3. The van der Waals surface area contributed by atoms with Crippen molar-refractivity contribution in [2.24, 2.45) is 0 Å². The molecule has 0 radical (unpaired) electrons. The van der Waals surface area contributed by atoms with Crippen LogP contribution in [0.25, 0.3) is 0 Å². The van der Waals surface area contributed by atoms with Gasteiger partial charge in [-0.25, -0.2) is 4.79 Å². The fourth-order valence-electron chi connectivity index (χ4n) is 1.23. The second-order valence-electron chi connectivity index (χ2n) is 3.29. The minimum atomic E-state index is -0.242. The van der Waals surface area contributed by atoms with Crippen LogP contribution >= 0.6 is 11.6 Å². The molecule has 0 aliphatic rings. The molecule has 0 saturated heterocycles. The summed E-state index contributed by atoms with van der Waals surface area (Å²) in [4.78, 5) is 15.3. The molecular formula is C10H13ClN2O. The lowest BCUT2D eigenvalue weighted by molar-refractivity contribution is 0.687. The first-order valence-corrected chi connectivity index (χ1v) is 4.85. The highest BCUT2D eigenvalue weighted by atomic mass is 35.5. The Morgan fingerprint density at radius 2 is 2.29 bits per heavy atom. The first-order chi connectivity index (χ1) is 6.54. The maximum absolute atomic E-state index is 11.5. The Kier molecular flexibility index (Phi) is 3.47. The van der Waals surface area contributed by atoms with Crippen molar-refractivity contribution in [1.82, 2.24) is 9.55 Å². The molecule has 0 saturated carbocycles. The van der Waals surface area contributed by atoms with E-state index in [9.17, 15) is 4.79 Å². The summed E-state index contributed by atoms with van der Waals surface area (Å²) in [6, 6.07) is 1.86. The van der Waals surface area contributed by atoms with Gasteiger partial charge in [0.1, 0.15) is 0 Å². The summed E-state index contributed by atoms with van der Waals surface area (Å²) in [6.45, 7) is 7.87. The highest BCUT2D eigenvalue weighted by Crippen LogP contribution is 2.02. The van der Waals surface area contributed by atoms with Gasteiger partial charge in [0.05, 0.1) is 0 Å². The van der Waals surface area contributed by atoms with Crippen molar-refractivity contribution in [2.75, 3.05) is 5.88 Å². The molecule has 0 aromatic carbocycles. The molecule has 4 heteroatoms. The molecule has 0 amide bonds. The number of halogens is 1. The van der Waals surface area contributed by atoms with E-state index in [1.54, 1.807) is 11.5 Å². The van der Waals surface area contributed by atoms with Gasteiger partial charge in [-0.05, 0) is 25.5 Å². The van der Waals surface area contributed by atoms with Gasteiger partial charge in [0.15, 0.2) is 0 Å². The first kappa shape index (κ1) is 11.0. The molecular weight excluding hydrogens is 200 g/mol. The van der Waals surface area contributed by atoms with Crippen molar-refractivity contribution in [2.45, 2.75) is 20.4 Å². The van der Waals surface area contributed by atoms with E-state index in [1.807, 2.05) is 13.0 Å². The summed E-state index contributed by atoms with van der Waals surface area (Å²) in [5, 5.41) is 0. The highest BCUT2D eigenvalue weighted by molar-refractivity contribution is 6.19. The maximum Gasteiger partial charge on any atom is 0.348 e. The Balaban J connectivity index is 3.09. The lowest BCUT2D eigenvalue weighted by atomic mass is 10.3. The molecule has 1 heterocycles. The number of nitrogens with zero attached hydrogens (tertiary/aromatic N) is 2. The van der Waals surface area contributed by atoms with Crippen molar-refractivity contribution in [3.8, 4) is 0 Å². The molecule has 0 bridgehead atoms. The fraction of sp³-hybridized carbons (Fsp3) is 0.400. The summed E-state index contributed by atoms with van der Waals surface area (Å²) in [7, 11) is 0. The highest BCUT2D eigenvalue weighted by Gasteiger charge is 2.03. The predicted molar refractivity (Wildman–Crippen MR) is 57.8 cm³/mol. The Hall–Kier alpha value is -1.09. The number of hydrogen-bond acceptors (Lipinski definition) is 2. The van der Waals surface area contributed by atoms with Gasteiger partial charge in [0.2, 0.25) is 0 Å². The molecule has 0 fully saturated rings. The van der Waals surface area contributed by atoms with E-state index in [1.165, 1.54) is 0 Å². The van der Waals surface area contributed by atoms with Gasteiger partial charge in [-0.2, -0.15) is 4.98 Å². The van der Waals surface area contributed by atoms with E-state index >= 15 is 0 Å². The van der Waals surface area contributed by atoms with Crippen LogP contribution in [0.4, 0.5) is 0 Å². The van der Waals surface area contributed by atoms with Gasteiger partial charge in [-0.15, -0.1) is 11.6 Å². The molecule has 0 unspecified atom stereocenters. The monoisotopic (exact) mass is 212 g/mol. The van der Waals surface area contributed by atoms with Gasteiger partial charge in [0.25, 0.3) is 0 Å². The number of aromatic nitrogens is 2. The van der Waals surface area contributed by atoms with Crippen molar-refractivity contribution >= 4 is 11.6 Å². The lowest BCUT2D eigenvalue weighted by Crippen LogP contribution is -2.26. The minimum absolute atomic E-state index is 0.242. The van der Waals surface area contributed by atoms with Crippen LogP contribution in [0.15, 0.2) is 23.0 Å². The summed E-state index contributed by atoms with van der Waals surface area (Å²) in [5.41, 5.74) is 2.19. The van der Waals surface area contributed by atoms with Gasteiger partial charge in [-0.3, -0.25) is 4.57 Å². The van der Waals surface area contributed by atoms with Crippen molar-refractivity contribution in [3.63, 3.8) is 0 Å². The molecule has 0 aliphatic carbocycles. The average molecular weight is 213 g/mol. The Labute approximate surface area is 88.0 Å². The topological polar surface area (TPSA) is 34.9 Å². The summed E-state index contributed by atoms with van der Waals surface area (Å²) < 4.78 is 1.57. The molecule has 1 aromatic rings. The number of aryl methyl sites for hydroxylation is 2. The van der Waals surface area contributed by atoms with Crippen LogP contribution in [-0.4, -0.2) is 15.4 Å². The van der Waals surface area contributed by atoms with Crippen LogP contribution in [0.5, 0.6) is 0 Å². The van der Waals surface area contributed by atoms with Gasteiger partial charge in [0, 0.05) is 23.8 Å². The van der Waals surface area contributed by atoms with E-state index in [0.29, 0.717) is 12.4 Å². The number of alkyl halides is 1. The Morgan fingerprint density at radius 1 is 1.64 bits per heavy atom. The van der Waals surface area contributed by atoms with Gasteiger partial charge < -0.3 is 0 Å². The predicted octanol–water partition coefficient (Wildman–Crippen LogP) is 1.66. The van der Waals surface area contributed by atoms with E-state index in [0.717, 1.165) is 17.0 Å². The first-order valence-electron chi connectivity index (χ1n) is 4.32. The SMILES string of the molecule is C=C(CCl)Cn1c(C)cc(C)nc1=O. The second kappa shape index (κ2) is 4.42. The number of hydrogen-bond donors (Lipinski definition) is 0. The Morgan fingerprint density at radius 3 is 2.79 bits per heavy atom. The van der Waals surface area contributed by atoms with Crippen molar-refractivity contribution in [3.05, 3.63) is 40.1 Å². The summed E-state index contributed by atoms with van der Waals surface area (Å²) in [6.07, 6.45) is 0. The van der Waals surface area contributed by atoms with Gasteiger partial charge in [-0.1, -0.05) is 6.58 Å². The second-order valence-corrected chi connectivity index (χ2v) is 3.56. The smallest absolute Gasteiger partial charge is 0.292 e. The van der Waals surface area contributed by atoms with Crippen molar-refractivity contribution < 1.29 is 0 Å². The van der Waals surface area contributed by atoms with E-state index in [4.69, 9.17) is 11.6 Å². The average Bonchev–Trinajstić information content (AvgIpc) is 2.10. The molecule has 1 rings (SSSR count). The zero-order chi connectivity index (χ0) is 10.7. The molecule has 0 spiro atoms. The minimum Gasteiger partial charge on any atom is -0.292 e. The molecule has 0 N–H and O–H groups in total. The quantitative estimate of drug-likeness (QED) is 0.564. The molecule has 0 atom stereocenters. The van der Waals surface area contributed by atoms with Crippen LogP contribution in [0, 0.1) is 13.8 Å². The largest absolute Gasteiger partial charge is 0.348 e. The molecule has 0 aliphatic heterocycles. The third-order valence-corrected chi connectivity index (χ3v) is 2.30. The van der Waals surface area contributed by atoms with Crippen LogP contribution in [-0.2, 0) is 6.54 Å². The van der Waals surface area contributed by atoms with Crippen LogP contribution < -0.4 is 5.69 Å². The molecule has 1 aromatic heterocycles. The van der Waals surface area contributed by atoms with Crippen LogP contribution in [0.3, 0.4) is 0 Å². The third kappa shape index (κ3) is 2.45. The molecule has 76 valence electrons. The van der Waals surface area contributed by atoms with E-state index in [-0.39, 0.29) is 5.69 Å². The van der Waals surface area contributed by atoms with Gasteiger partial charge >= 0.3 is 5.69 Å². The molecule has 3 nitrogen and oxygen atoms in total. The standard InChI is InChI=1S/C10H13ClN2O/c1-7(5-11)6-13-9(3)4-8(2)12-10(13)14/h4H,1,5-6H2,2-3H3. The summed E-state index contributed by atoms with van der Waals surface area (Å²) in [5.74, 6) is 0.361. The zero-order valence-electron chi connectivity index (χ0n) is 8.38. The Bertz CT molecular complexity index is 409. The van der Waals surface area contributed by atoms with Crippen LogP contribution in [0.2, 0.25) is 0 Å². The summed E-state index contributed by atoms with van der Waals surface area (Å²) >= 11 is 5.60. The van der Waals surface area contributed by atoms with E-state index in [2.05, 4.69) is 11.6 Å². The number of allylic oxidation sites excluding steroid dienone is 1. The molecule has 14 heavy (non-hydrogen) atoms. The maximum atomic E-state index is 11.5. The van der Waals surface area contributed by atoms with E-state index < -0.39 is 0 Å². The van der Waals surface area contributed by atoms with Crippen molar-refractivity contribution in [1.29, 1.82) is 0 Å². The normalized spacial score (nSPS) is 10.2. The third-order valence-electron chi connectivity index (χ3n) is 1.92. The van der Waals surface area contributed by atoms with Crippen LogP contribution in [0.1, 0.15) is 11.4 Å². The zero-order valence-corrected chi connectivity index (χ0v) is 9.14. The lowest BCUT2D eigenvalue weighted by Gasteiger charge is -2.09. The fourth-order valence-corrected chi connectivity index (χ4v) is 1.32.